The molecule has 39 heavy (non-hydrogen) atoms. The number of hydrogen-bond acceptors (Lipinski definition) is 4. The van der Waals surface area contributed by atoms with Crippen molar-refractivity contribution < 1.29 is 14.6 Å². The number of halogens is 1. The van der Waals surface area contributed by atoms with Gasteiger partial charge in [-0.2, -0.15) is 0 Å². The van der Waals surface area contributed by atoms with Gasteiger partial charge in [-0.1, -0.05) is 54.9 Å². The Morgan fingerprint density at radius 1 is 1.13 bits per heavy atom. The minimum absolute atomic E-state index is 0.0657. The van der Waals surface area contributed by atoms with Crippen molar-refractivity contribution in [1.82, 2.24) is 4.90 Å². The summed E-state index contributed by atoms with van der Waals surface area (Å²) in [6.45, 7) is 4.15. The molecule has 2 aromatic carbocycles. The fraction of sp³-hybridized carbons (Fsp3) is 0.606. The first-order valence-electron chi connectivity index (χ1n) is 15.0. The van der Waals surface area contributed by atoms with Crippen molar-refractivity contribution >= 4 is 17.5 Å². The Balaban J connectivity index is 1.63. The maximum Gasteiger partial charge on any atom is 0.222 e. The van der Waals surface area contributed by atoms with Crippen LogP contribution in [0.1, 0.15) is 82.3 Å². The number of amides is 1. The molecule has 1 saturated carbocycles. The van der Waals surface area contributed by atoms with Gasteiger partial charge in [-0.3, -0.25) is 4.79 Å². The first-order chi connectivity index (χ1) is 18.9. The van der Waals surface area contributed by atoms with Crippen LogP contribution in [0, 0.1) is 11.8 Å². The van der Waals surface area contributed by atoms with E-state index in [0.717, 1.165) is 81.0 Å². The lowest BCUT2D eigenvalue weighted by Gasteiger charge is -2.44. The molecular formula is C33H47ClN2O3. The summed E-state index contributed by atoms with van der Waals surface area (Å²) in [4.78, 5) is 15.5. The molecule has 0 spiro atoms. The van der Waals surface area contributed by atoms with Crippen LogP contribution in [0.15, 0.2) is 42.5 Å². The average molecular weight is 555 g/mol. The molecule has 2 unspecified atom stereocenters. The van der Waals surface area contributed by atoms with Crippen molar-refractivity contribution in [3.8, 4) is 11.1 Å². The van der Waals surface area contributed by atoms with Crippen LogP contribution in [-0.4, -0.2) is 48.8 Å². The van der Waals surface area contributed by atoms with Gasteiger partial charge in [0.25, 0.3) is 0 Å². The summed E-state index contributed by atoms with van der Waals surface area (Å²) in [5, 5.41) is 13.3. The number of rotatable bonds is 11. The topological polar surface area (TPSA) is 75.8 Å². The van der Waals surface area contributed by atoms with Gasteiger partial charge in [0.2, 0.25) is 5.91 Å². The van der Waals surface area contributed by atoms with E-state index < -0.39 is 5.60 Å². The maximum atomic E-state index is 13.4. The molecule has 2 atom stereocenters. The van der Waals surface area contributed by atoms with Crippen molar-refractivity contribution in [2.45, 2.75) is 89.2 Å². The molecule has 6 heteroatoms. The highest BCUT2D eigenvalue weighted by Gasteiger charge is 2.43. The number of methoxy groups -OCH3 is 1. The molecule has 2 aliphatic rings. The normalized spacial score (nSPS) is 23.4. The summed E-state index contributed by atoms with van der Waals surface area (Å²) in [6.07, 6.45) is 9.71. The molecule has 3 N–H and O–H groups in total. The van der Waals surface area contributed by atoms with Crippen molar-refractivity contribution in [2.75, 3.05) is 26.8 Å². The number of hydrogen-bond donors (Lipinski definition) is 2. The third-order valence-electron chi connectivity index (χ3n) is 9.06. The first-order valence-corrected chi connectivity index (χ1v) is 15.4. The summed E-state index contributed by atoms with van der Waals surface area (Å²) >= 11 is 6.88. The second-order valence-electron chi connectivity index (χ2n) is 11.8. The Bertz CT molecular complexity index is 1080. The van der Waals surface area contributed by atoms with E-state index in [1.807, 2.05) is 23.1 Å². The number of carbonyl (C=O) groups excluding carboxylic acids is 1. The predicted molar refractivity (Wildman–Crippen MR) is 160 cm³/mol. The van der Waals surface area contributed by atoms with Gasteiger partial charge in [0.1, 0.15) is 0 Å². The Morgan fingerprint density at radius 3 is 2.64 bits per heavy atom. The van der Waals surface area contributed by atoms with E-state index in [1.54, 1.807) is 7.11 Å². The van der Waals surface area contributed by atoms with E-state index in [9.17, 15) is 9.90 Å². The SMILES string of the molecule is CCc1cccc(-c2c(Cl)cccc2C(O)(CCCCOC)C2CCCN(C(=O)C[C@H]3CC[C@@H](N)CC3)C2)c1. The number of carbonyl (C=O) groups is 1. The highest BCUT2D eigenvalue weighted by atomic mass is 35.5. The molecule has 0 radical (unpaired) electrons. The van der Waals surface area contributed by atoms with E-state index in [1.165, 1.54) is 5.56 Å². The predicted octanol–water partition coefficient (Wildman–Crippen LogP) is 6.72. The van der Waals surface area contributed by atoms with Gasteiger partial charge in [0, 0.05) is 55.8 Å². The minimum atomic E-state index is -1.10. The molecule has 2 aromatic rings. The van der Waals surface area contributed by atoms with Crippen LogP contribution in [0.3, 0.4) is 0 Å². The fourth-order valence-electron chi connectivity index (χ4n) is 6.69. The molecule has 1 amide bonds. The van der Waals surface area contributed by atoms with Crippen molar-refractivity contribution in [3.63, 3.8) is 0 Å². The van der Waals surface area contributed by atoms with Crippen molar-refractivity contribution in [3.05, 3.63) is 58.6 Å². The highest BCUT2D eigenvalue weighted by Crippen LogP contribution is 2.46. The van der Waals surface area contributed by atoms with Crippen molar-refractivity contribution in [1.29, 1.82) is 0 Å². The van der Waals surface area contributed by atoms with Gasteiger partial charge in [-0.15, -0.1) is 0 Å². The van der Waals surface area contributed by atoms with Crippen LogP contribution in [0.4, 0.5) is 0 Å². The second kappa shape index (κ2) is 14.1. The smallest absolute Gasteiger partial charge is 0.222 e. The number of aryl methyl sites for hydroxylation is 1. The number of unbranched alkanes of at least 4 members (excludes halogenated alkanes) is 1. The molecule has 1 aliphatic heterocycles. The second-order valence-corrected chi connectivity index (χ2v) is 12.2. The summed E-state index contributed by atoms with van der Waals surface area (Å²) in [5.41, 5.74) is 9.04. The van der Waals surface area contributed by atoms with Crippen LogP contribution in [0.5, 0.6) is 0 Å². The Morgan fingerprint density at radius 2 is 1.90 bits per heavy atom. The molecule has 1 saturated heterocycles. The van der Waals surface area contributed by atoms with Gasteiger partial charge >= 0.3 is 0 Å². The quantitative estimate of drug-likeness (QED) is 0.302. The van der Waals surface area contributed by atoms with E-state index in [0.29, 0.717) is 36.9 Å². The number of nitrogens with two attached hydrogens (primary N) is 1. The lowest BCUT2D eigenvalue weighted by atomic mass is 9.72. The number of likely N-dealkylation sites (tertiary alicyclic amines) is 1. The molecule has 0 bridgehead atoms. The Hall–Kier alpha value is -1.92. The summed E-state index contributed by atoms with van der Waals surface area (Å²) in [6, 6.07) is 14.7. The van der Waals surface area contributed by atoms with Gasteiger partial charge in [0.15, 0.2) is 0 Å². The first kappa shape index (κ1) is 30.0. The Kier molecular flexibility index (Phi) is 10.9. The van der Waals surface area contributed by atoms with Gasteiger partial charge < -0.3 is 20.5 Å². The standard InChI is InChI=1S/C33H47ClN2O3/c1-3-24-9-6-10-26(21-24)32-29(12-7-13-30(32)34)33(38,18-4-5-20-39-2)27-11-8-19-36(23-27)31(37)22-25-14-16-28(35)17-15-25/h6-7,9-10,12-13,21,25,27-28,38H,3-5,8,11,14-20,22-23,35H2,1-2H3/t25-,27?,28+,33?. The van der Waals surface area contributed by atoms with Gasteiger partial charge in [0.05, 0.1) is 5.60 Å². The van der Waals surface area contributed by atoms with Gasteiger partial charge in [-0.05, 0) is 92.9 Å². The zero-order valence-electron chi connectivity index (χ0n) is 23.8. The number of piperidine rings is 1. The van der Waals surface area contributed by atoms with E-state index in [-0.39, 0.29) is 17.9 Å². The lowest BCUT2D eigenvalue weighted by molar-refractivity contribution is -0.138. The van der Waals surface area contributed by atoms with Crippen LogP contribution in [0.25, 0.3) is 11.1 Å². The fourth-order valence-corrected chi connectivity index (χ4v) is 6.97. The number of ether oxygens (including phenoxy) is 1. The molecule has 5 nitrogen and oxygen atoms in total. The molecule has 0 aromatic heterocycles. The van der Waals surface area contributed by atoms with Gasteiger partial charge in [-0.25, -0.2) is 0 Å². The molecule has 2 fully saturated rings. The van der Waals surface area contributed by atoms with Crippen LogP contribution in [-0.2, 0) is 21.6 Å². The zero-order valence-corrected chi connectivity index (χ0v) is 24.6. The highest BCUT2D eigenvalue weighted by molar-refractivity contribution is 6.33. The molecule has 214 valence electrons. The third-order valence-corrected chi connectivity index (χ3v) is 9.38. The average Bonchev–Trinajstić information content (AvgIpc) is 2.96. The third kappa shape index (κ3) is 7.43. The van der Waals surface area contributed by atoms with Crippen LogP contribution in [0.2, 0.25) is 5.02 Å². The van der Waals surface area contributed by atoms with Crippen LogP contribution < -0.4 is 5.73 Å². The maximum absolute atomic E-state index is 13.4. The number of aliphatic hydroxyl groups is 1. The summed E-state index contributed by atoms with van der Waals surface area (Å²) in [7, 11) is 1.71. The lowest BCUT2D eigenvalue weighted by Crippen LogP contribution is -2.48. The molecule has 1 aliphatic carbocycles. The summed E-state index contributed by atoms with van der Waals surface area (Å²) < 4.78 is 5.31. The molecule has 4 rings (SSSR count). The minimum Gasteiger partial charge on any atom is -0.385 e. The number of benzene rings is 2. The van der Waals surface area contributed by atoms with Crippen molar-refractivity contribution in [2.24, 2.45) is 17.6 Å². The zero-order chi connectivity index (χ0) is 27.8. The molecular weight excluding hydrogens is 508 g/mol. The Labute approximate surface area is 240 Å². The van der Waals surface area contributed by atoms with E-state index in [2.05, 4.69) is 31.2 Å². The van der Waals surface area contributed by atoms with Crippen LogP contribution >= 0.6 is 11.6 Å². The molecule has 1 heterocycles. The summed E-state index contributed by atoms with van der Waals surface area (Å²) in [5.74, 6) is 0.587. The van der Waals surface area contributed by atoms with E-state index >= 15 is 0 Å². The van der Waals surface area contributed by atoms with E-state index in [4.69, 9.17) is 22.1 Å². The largest absolute Gasteiger partial charge is 0.385 e. The number of nitrogens with zero attached hydrogens (tertiary/aromatic N) is 1. The monoisotopic (exact) mass is 554 g/mol.